The summed E-state index contributed by atoms with van der Waals surface area (Å²) in [5, 5.41) is 12.3. The van der Waals surface area contributed by atoms with Crippen LogP contribution in [-0.4, -0.2) is 36.3 Å². The summed E-state index contributed by atoms with van der Waals surface area (Å²) >= 11 is 6.01. The molecule has 1 heterocycles. The minimum atomic E-state index is -0.928. The van der Waals surface area contributed by atoms with Gasteiger partial charge in [-0.1, -0.05) is 11.6 Å². The monoisotopic (exact) mass is 353 g/mol. The van der Waals surface area contributed by atoms with Crippen LogP contribution in [0.15, 0.2) is 18.2 Å². The maximum atomic E-state index is 12.3. The van der Waals surface area contributed by atoms with Gasteiger partial charge in [0.2, 0.25) is 5.91 Å². The molecule has 3 rings (SSSR count). The van der Waals surface area contributed by atoms with Gasteiger partial charge in [0, 0.05) is 11.6 Å². The number of hydrogen-bond donors (Lipinski definition) is 2. The number of carbonyl (C=O) groups excluding carboxylic acids is 1. The number of carboxylic acids is 1. The first-order chi connectivity index (χ1) is 11.5. The molecule has 1 amide bonds. The highest BCUT2D eigenvalue weighted by molar-refractivity contribution is 6.31. The van der Waals surface area contributed by atoms with Crippen molar-refractivity contribution in [3.8, 4) is 5.75 Å². The summed E-state index contributed by atoms with van der Waals surface area (Å²) in [6, 6.07) is 4.99. The Bertz CT molecular complexity index is 629. The van der Waals surface area contributed by atoms with Crippen molar-refractivity contribution < 1.29 is 24.2 Å². The van der Waals surface area contributed by atoms with Crippen molar-refractivity contribution in [1.82, 2.24) is 0 Å². The first-order valence-corrected chi connectivity index (χ1v) is 8.50. The predicted octanol–water partition coefficient (Wildman–Crippen LogP) is 2.95. The van der Waals surface area contributed by atoms with Crippen LogP contribution in [0.2, 0.25) is 5.02 Å². The van der Waals surface area contributed by atoms with Crippen LogP contribution in [0.4, 0.5) is 5.69 Å². The molecule has 3 atom stereocenters. The standard InChI is InChI=1S/C17H20ClNO5/c18-10-3-6-15(24-9-11-2-1-7-23-11)14(8-10)19-16(20)12-4-5-13(12)17(21)22/h3,6,8,11-13H,1-2,4-5,7,9H2,(H,19,20)(H,21,22). The lowest BCUT2D eigenvalue weighted by Crippen LogP contribution is -2.41. The van der Waals surface area contributed by atoms with Crippen LogP contribution in [0.5, 0.6) is 5.75 Å². The molecular formula is C17H20ClNO5. The number of anilines is 1. The van der Waals surface area contributed by atoms with E-state index in [1.165, 1.54) is 0 Å². The Morgan fingerprint density at radius 2 is 2.08 bits per heavy atom. The first-order valence-electron chi connectivity index (χ1n) is 8.12. The molecule has 130 valence electrons. The van der Waals surface area contributed by atoms with E-state index in [2.05, 4.69) is 5.32 Å². The maximum Gasteiger partial charge on any atom is 0.307 e. The van der Waals surface area contributed by atoms with Crippen molar-refractivity contribution in [1.29, 1.82) is 0 Å². The van der Waals surface area contributed by atoms with Crippen molar-refractivity contribution in [2.24, 2.45) is 11.8 Å². The van der Waals surface area contributed by atoms with Crippen molar-refractivity contribution in [3.63, 3.8) is 0 Å². The second-order valence-corrected chi connectivity index (χ2v) is 6.64. The molecular weight excluding hydrogens is 334 g/mol. The molecule has 0 radical (unpaired) electrons. The Kier molecular flexibility index (Phi) is 5.26. The highest BCUT2D eigenvalue weighted by Gasteiger charge is 2.41. The molecule has 2 fully saturated rings. The molecule has 0 aromatic heterocycles. The van der Waals surface area contributed by atoms with Gasteiger partial charge >= 0.3 is 5.97 Å². The van der Waals surface area contributed by atoms with Gasteiger partial charge in [-0.2, -0.15) is 0 Å². The fourth-order valence-corrected chi connectivity index (χ4v) is 3.19. The van der Waals surface area contributed by atoms with Crippen LogP contribution >= 0.6 is 11.6 Å². The fraction of sp³-hybridized carbons (Fsp3) is 0.529. The molecule has 0 bridgehead atoms. The van der Waals surface area contributed by atoms with Gasteiger partial charge in [0.25, 0.3) is 0 Å². The van der Waals surface area contributed by atoms with E-state index in [4.69, 9.17) is 26.2 Å². The zero-order valence-electron chi connectivity index (χ0n) is 13.2. The molecule has 1 saturated heterocycles. The van der Waals surface area contributed by atoms with Gasteiger partial charge in [0.05, 0.1) is 23.6 Å². The Morgan fingerprint density at radius 1 is 1.29 bits per heavy atom. The van der Waals surface area contributed by atoms with Crippen molar-refractivity contribution in [2.75, 3.05) is 18.5 Å². The summed E-state index contributed by atoms with van der Waals surface area (Å²) < 4.78 is 11.3. The smallest absolute Gasteiger partial charge is 0.307 e. The molecule has 1 aliphatic heterocycles. The van der Waals surface area contributed by atoms with Crippen molar-refractivity contribution in [3.05, 3.63) is 23.2 Å². The Labute approximate surface area is 145 Å². The van der Waals surface area contributed by atoms with Crippen LogP contribution in [0.1, 0.15) is 25.7 Å². The third-order valence-corrected chi connectivity index (χ3v) is 4.81. The van der Waals surface area contributed by atoms with E-state index in [9.17, 15) is 9.59 Å². The van der Waals surface area contributed by atoms with E-state index >= 15 is 0 Å². The topological polar surface area (TPSA) is 84.9 Å². The number of amides is 1. The normalized spacial score (nSPS) is 25.8. The molecule has 24 heavy (non-hydrogen) atoms. The highest BCUT2D eigenvalue weighted by Crippen LogP contribution is 2.37. The average Bonchev–Trinajstić information content (AvgIpc) is 2.97. The van der Waals surface area contributed by atoms with Crippen LogP contribution in [0, 0.1) is 11.8 Å². The molecule has 1 aromatic carbocycles. The predicted molar refractivity (Wildman–Crippen MR) is 88.4 cm³/mol. The quantitative estimate of drug-likeness (QED) is 0.821. The number of hydrogen-bond acceptors (Lipinski definition) is 4. The number of carboxylic acid groups (broad SMARTS) is 1. The highest BCUT2D eigenvalue weighted by atomic mass is 35.5. The number of rotatable bonds is 6. The van der Waals surface area contributed by atoms with E-state index in [0.717, 1.165) is 19.4 Å². The van der Waals surface area contributed by atoms with Gasteiger partial charge in [0.15, 0.2) is 0 Å². The summed E-state index contributed by atoms with van der Waals surface area (Å²) in [6.07, 6.45) is 3.15. The van der Waals surface area contributed by atoms with Gasteiger partial charge in [-0.3, -0.25) is 9.59 Å². The number of halogens is 1. The second kappa shape index (κ2) is 7.40. The number of ether oxygens (including phenoxy) is 2. The van der Waals surface area contributed by atoms with Gasteiger partial charge < -0.3 is 19.9 Å². The second-order valence-electron chi connectivity index (χ2n) is 6.20. The molecule has 6 nitrogen and oxygen atoms in total. The van der Waals surface area contributed by atoms with Gasteiger partial charge in [0.1, 0.15) is 12.4 Å². The molecule has 0 spiro atoms. The SMILES string of the molecule is O=C(O)C1CCC1C(=O)Nc1cc(Cl)ccc1OCC1CCCO1. The van der Waals surface area contributed by atoms with Gasteiger partial charge in [-0.15, -0.1) is 0 Å². The summed E-state index contributed by atoms with van der Waals surface area (Å²) in [7, 11) is 0. The van der Waals surface area contributed by atoms with Crippen LogP contribution in [-0.2, 0) is 14.3 Å². The van der Waals surface area contributed by atoms with E-state index < -0.39 is 17.8 Å². The molecule has 1 saturated carbocycles. The van der Waals surface area contributed by atoms with Crippen LogP contribution in [0.25, 0.3) is 0 Å². The summed E-state index contributed by atoms with van der Waals surface area (Å²) in [4.78, 5) is 23.4. The molecule has 2 N–H and O–H groups in total. The minimum absolute atomic E-state index is 0.0623. The number of nitrogens with one attached hydrogen (secondary N) is 1. The van der Waals surface area contributed by atoms with E-state index in [1.807, 2.05) is 0 Å². The molecule has 7 heteroatoms. The van der Waals surface area contributed by atoms with Crippen molar-refractivity contribution >= 4 is 29.2 Å². The van der Waals surface area contributed by atoms with Crippen LogP contribution in [0.3, 0.4) is 0 Å². The van der Waals surface area contributed by atoms with Crippen LogP contribution < -0.4 is 10.1 Å². The number of carbonyl (C=O) groups is 2. The average molecular weight is 354 g/mol. The third kappa shape index (κ3) is 3.82. The van der Waals surface area contributed by atoms with Gasteiger partial charge in [-0.25, -0.2) is 0 Å². The third-order valence-electron chi connectivity index (χ3n) is 4.58. The zero-order chi connectivity index (χ0) is 17.1. The molecule has 3 unspecified atom stereocenters. The molecule has 1 aliphatic carbocycles. The van der Waals surface area contributed by atoms with E-state index in [0.29, 0.717) is 35.9 Å². The minimum Gasteiger partial charge on any atom is -0.489 e. The Hall–Kier alpha value is -1.79. The number of aliphatic carboxylic acids is 1. The summed E-state index contributed by atoms with van der Waals surface area (Å²) in [6.45, 7) is 1.15. The lowest BCUT2D eigenvalue weighted by atomic mass is 9.73. The summed E-state index contributed by atoms with van der Waals surface area (Å²) in [5.41, 5.74) is 0.460. The lowest BCUT2D eigenvalue weighted by molar-refractivity contribution is -0.151. The van der Waals surface area contributed by atoms with Gasteiger partial charge in [-0.05, 0) is 43.9 Å². The number of benzene rings is 1. The fourth-order valence-electron chi connectivity index (χ4n) is 3.02. The Balaban J connectivity index is 1.66. The first kappa shape index (κ1) is 17.0. The lowest BCUT2D eigenvalue weighted by Gasteiger charge is -2.32. The zero-order valence-corrected chi connectivity index (χ0v) is 13.9. The maximum absolute atomic E-state index is 12.3. The van der Waals surface area contributed by atoms with Crippen molar-refractivity contribution in [2.45, 2.75) is 31.8 Å². The van der Waals surface area contributed by atoms with E-state index in [-0.39, 0.29) is 12.0 Å². The molecule has 2 aliphatic rings. The molecule has 1 aromatic rings. The Morgan fingerprint density at radius 3 is 2.71 bits per heavy atom. The van der Waals surface area contributed by atoms with E-state index in [1.54, 1.807) is 18.2 Å². The largest absolute Gasteiger partial charge is 0.489 e. The summed E-state index contributed by atoms with van der Waals surface area (Å²) in [5.74, 6) is -1.84.